The van der Waals surface area contributed by atoms with E-state index in [-0.39, 0.29) is 0 Å². The van der Waals surface area contributed by atoms with Crippen LogP contribution in [0, 0.1) is 0 Å². The minimum Gasteiger partial charge on any atom is -0.481 e. The van der Waals surface area contributed by atoms with Gasteiger partial charge in [-0.15, -0.1) is 11.3 Å². The molecule has 5 heteroatoms. The lowest BCUT2D eigenvalue weighted by molar-refractivity contribution is -0.138. The number of rotatable bonds is 4. The molecule has 4 nitrogen and oxygen atoms in total. The number of carbonyl (C=O) groups is 1. The average Bonchev–Trinajstić information content (AvgIpc) is 2.99. The maximum atomic E-state index is 11.2. The van der Waals surface area contributed by atoms with Crippen molar-refractivity contribution in [3.8, 4) is 10.6 Å². The van der Waals surface area contributed by atoms with E-state index in [1.807, 2.05) is 24.3 Å². The maximum absolute atomic E-state index is 11.2. The zero-order valence-electron chi connectivity index (χ0n) is 11.1. The Hall–Kier alpha value is -1.72. The first-order chi connectivity index (χ1) is 9.70. The van der Waals surface area contributed by atoms with Crippen LogP contribution in [0.4, 0.5) is 0 Å². The van der Waals surface area contributed by atoms with Crippen LogP contribution in [-0.4, -0.2) is 23.2 Å². The number of carboxylic acid groups (broad SMARTS) is 1. The zero-order chi connectivity index (χ0) is 14.1. The highest BCUT2D eigenvalue weighted by Gasteiger charge is 2.32. The molecule has 0 saturated carbocycles. The number of hydrogen-bond acceptors (Lipinski definition) is 4. The molecule has 1 atom stereocenters. The van der Waals surface area contributed by atoms with E-state index < -0.39 is 11.9 Å². The molecule has 1 heterocycles. The molecule has 0 bridgehead atoms. The van der Waals surface area contributed by atoms with Gasteiger partial charge in [0.15, 0.2) is 0 Å². The Labute approximate surface area is 121 Å². The minimum absolute atomic E-state index is 0.440. The van der Waals surface area contributed by atoms with Crippen LogP contribution in [0.15, 0.2) is 24.3 Å². The van der Waals surface area contributed by atoms with E-state index in [9.17, 15) is 9.90 Å². The fourth-order valence-electron chi connectivity index (χ4n) is 2.59. The molecule has 1 aliphatic carbocycles. The van der Waals surface area contributed by atoms with Gasteiger partial charge in [0.1, 0.15) is 10.9 Å². The molecule has 2 aromatic rings. The molecule has 1 N–H and O–H groups in total. The lowest BCUT2D eigenvalue weighted by Gasteiger charge is -2.06. The van der Waals surface area contributed by atoms with Crippen molar-refractivity contribution >= 4 is 17.3 Å². The van der Waals surface area contributed by atoms with E-state index in [0.29, 0.717) is 13.0 Å². The summed E-state index contributed by atoms with van der Waals surface area (Å²) in [6.45, 7) is 0.531. The van der Waals surface area contributed by atoms with Crippen LogP contribution in [0.1, 0.15) is 28.5 Å². The van der Waals surface area contributed by atoms with E-state index in [1.165, 1.54) is 0 Å². The summed E-state index contributed by atoms with van der Waals surface area (Å²) in [4.78, 5) is 16.9. The zero-order valence-corrected chi connectivity index (χ0v) is 11.9. The van der Waals surface area contributed by atoms with E-state index in [0.717, 1.165) is 33.1 Å². The Morgan fingerprint density at radius 3 is 3.05 bits per heavy atom. The number of fused-ring (bicyclic) bond motifs is 1. The normalized spacial score (nSPS) is 17.1. The summed E-state index contributed by atoms with van der Waals surface area (Å²) < 4.78 is 5.21. The molecule has 0 saturated heterocycles. The SMILES string of the molecule is COCc1ccccc1-c1nc2c(s1)CCC2C(=O)O. The van der Waals surface area contributed by atoms with Crippen LogP contribution in [0.25, 0.3) is 10.6 Å². The molecule has 1 aromatic carbocycles. The second-order valence-electron chi connectivity index (χ2n) is 4.85. The molecule has 1 aromatic heterocycles. The number of methoxy groups -OCH3 is 1. The van der Waals surface area contributed by atoms with Gasteiger partial charge in [-0.2, -0.15) is 0 Å². The van der Waals surface area contributed by atoms with Crippen molar-refractivity contribution in [1.29, 1.82) is 0 Å². The standard InChI is InChI=1S/C15H15NO3S/c1-19-8-9-4-2-3-5-10(9)14-16-13-11(15(17)18)6-7-12(13)20-14/h2-5,11H,6-8H2,1H3,(H,17,18). The van der Waals surface area contributed by atoms with Gasteiger partial charge in [0.05, 0.1) is 12.3 Å². The smallest absolute Gasteiger partial charge is 0.312 e. The third-order valence-corrected chi connectivity index (χ3v) is 4.73. The van der Waals surface area contributed by atoms with Crippen molar-refractivity contribution in [2.24, 2.45) is 0 Å². The minimum atomic E-state index is -0.772. The number of aromatic nitrogens is 1. The topological polar surface area (TPSA) is 59.4 Å². The average molecular weight is 289 g/mol. The fourth-order valence-corrected chi connectivity index (χ4v) is 3.79. The van der Waals surface area contributed by atoms with Crippen molar-refractivity contribution in [3.63, 3.8) is 0 Å². The van der Waals surface area contributed by atoms with E-state index in [4.69, 9.17) is 4.74 Å². The van der Waals surface area contributed by atoms with Gasteiger partial charge in [0.2, 0.25) is 0 Å². The van der Waals surface area contributed by atoms with Crippen molar-refractivity contribution in [2.45, 2.75) is 25.4 Å². The number of thiazole rings is 1. The first kappa shape index (κ1) is 13.3. The molecular weight excluding hydrogens is 274 g/mol. The third-order valence-electron chi connectivity index (χ3n) is 3.56. The van der Waals surface area contributed by atoms with Crippen molar-refractivity contribution in [2.75, 3.05) is 7.11 Å². The molecule has 0 amide bonds. The lowest BCUT2D eigenvalue weighted by atomic mass is 10.1. The number of nitrogens with zero attached hydrogens (tertiary/aromatic N) is 1. The predicted octanol–water partition coefficient (Wildman–Crippen LogP) is 3.07. The van der Waals surface area contributed by atoms with Crippen molar-refractivity contribution in [3.05, 3.63) is 40.4 Å². The Balaban J connectivity index is 2.01. The van der Waals surface area contributed by atoms with Crippen LogP contribution in [0.5, 0.6) is 0 Å². The van der Waals surface area contributed by atoms with Gasteiger partial charge in [0.25, 0.3) is 0 Å². The molecule has 1 aliphatic rings. The number of carboxylic acids is 1. The molecule has 0 aliphatic heterocycles. The summed E-state index contributed by atoms with van der Waals surface area (Å²) in [5, 5.41) is 10.1. The Morgan fingerprint density at radius 2 is 2.30 bits per heavy atom. The molecule has 20 heavy (non-hydrogen) atoms. The second-order valence-corrected chi connectivity index (χ2v) is 5.93. The molecule has 0 radical (unpaired) electrons. The number of hydrogen-bond donors (Lipinski definition) is 1. The van der Waals surface area contributed by atoms with E-state index in [1.54, 1.807) is 18.4 Å². The maximum Gasteiger partial charge on any atom is 0.312 e. The van der Waals surface area contributed by atoms with E-state index >= 15 is 0 Å². The van der Waals surface area contributed by atoms with Gasteiger partial charge in [-0.05, 0) is 18.4 Å². The molecule has 104 valence electrons. The van der Waals surface area contributed by atoms with Crippen molar-refractivity contribution < 1.29 is 14.6 Å². The molecular formula is C15H15NO3S. The predicted molar refractivity (Wildman–Crippen MR) is 77.0 cm³/mol. The second kappa shape index (κ2) is 5.34. The highest BCUT2D eigenvalue weighted by atomic mass is 32.1. The summed E-state index contributed by atoms with van der Waals surface area (Å²) in [5.74, 6) is -1.21. The Bertz CT molecular complexity index is 650. The summed E-state index contributed by atoms with van der Waals surface area (Å²) in [7, 11) is 1.67. The van der Waals surface area contributed by atoms with Gasteiger partial charge < -0.3 is 9.84 Å². The van der Waals surface area contributed by atoms with Gasteiger partial charge >= 0.3 is 5.97 Å². The van der Waals surface area contributed by atoms with Crippen LogP contribution in [0.3, 0.4) is 0 Å². The first-order valence-electron chi connectivity index (χ1n) is 6.50. The number of benzene rings is 1. The van der Waals surface area contributed by atoms with Gasteiger partial charge in [-0.1, -0.05) is 24.3 Å². The summed E-state index contributed by atoms with van der Waals surface area (Å²) in [5.41, 5.74) is 2.87. The fraction of sp³-hybridized carbons (Fsp3) is 0.333. The highest BCUT2D eigenvalue weighted by molar-refractivity contribution is 7.15. The van der Waals surface area contributed by atoms with Crippen LogP contribution in [-0.2, 0) is 22.6 Å². The number of aryl methyl sites for hydroxylation is 1. The van der Waals surface area contributed by atoms with E-state index in [2.05, 4.69) is 4.98 Å². The summed E-state index contributed by atoms with van der Waals surface area (Å²) in [6, 6.07) is 7.97. The molecule has 1 unspecified atom stereocenters. The van der Waals surface area contributed by atoms with Crippen LogP contribution in [0.2, 0.25) is 0 Å². The van der Waals surface area contributed by atoms with Gasteiger partial charge in [0, 0.05) is 17.6 Å². The van der Waals surface area contributed by atoms with Gasteiger partial charge in [-0.25, -0.2) is 4.98 Å². The van der Waals surface area contributed by atoms with Gasteiger partial charge in [-0.3, -0.25) is 4.79 Å². The Kier molecular flexibility index (Phi) is 3.54. The van der Waals surface area contributed by atoms with Crippen molar-refractivity contribution in [1.82, 2.24) is 4.98 Å². The molecule has 0 fully saturated rings. The van der Waals surface area contributed by atoms with Crippen LogP contribution < -0.4 is 0 Å². The largest absolute Gasteiger partial charge is 0.481 e. The monoisotopic (exact) mass is 289 g/mol. The molecule has 0 spiro atoms. The van der Waals surface area contributed by atoms with Crippen LogP contribution >= 0.6 is 11.3 Å². The highest BCUT2D eigenvalue weighted by Crippen LogP contribution is 2.40. The Morgan fingerprint density at radius 1 is 1.50 bits per heavy atom. The summed E-state index contributed by atoms with van der Waals surface area (Å²) >= 11 is 1.61. The molecule has 3 rings (SSSR count). The third kappa shape index (κ3) is 2.23. The number of aliphatic carboxylic acids is 1. The lowest BCUT2D eigenvalue weighted by Crippen LogP contribution is -2.08. The first-order valence-corrected chi connectivity index (χ1v) is 7.32. The quantitative estimate of drug-likeness (QED) is 0.939. The number of ether oxygens (including phenoxy) is 1. The summed E-state index contributed by atoms with van der Waals surface area (Å²) in [6.07, 6.45) is 1.49.